The molecule has 14 heavy (non-hydrogen) atoms. The Morgan fingerprint density at radius 3 is 3.14 bits per heavy atom. The highest BCUT2D eigenvalue weighted by atomic mass is 32.1. The first-order valence-electron chi connectivity index (χ1n) is 4.99. The molecule has 1 N–H and O–H groups in total. The molecule has 0 bridgehead atoms. The zero-order valence-electron chi connectivity index (χ0n) is 8.88. The molecule has 1 heterocycles. The van der Waals surface area contributed by atoms with Crippen LogP contribution in [0.15, 0.2) is 5.51 Å². The molecule has 80 valence electrons. The summed E-state index contributed by atoms with van der Waals surface area (Å²) in [6.45, 7) is 4.82. The number of nitrogens with zero attached hydrogens (tertiary/aromatic N) is 1. The van der Waals surface area contributed by atoms with Crippen molar-refractivity contribution in [3.8, 4) is 0 Å². The van der Waals surface area contributed by atoms with Crippen molar-refractivity contribution in [2.45, 2.75) is 32.9 Å². The lowest BCUT2D eigenvalue weighted by Crippen LogP contribution is -2.14. The quantitative estimate of drug-likeness (QED) is 0.706. The molecule has 1 aromatic rings. The average Bonchev–Trinajstić information content (AvgIpc) is 2.61. The van der Waals surface area contributed by atoms with Gasteiger partial charge in [0.15, 0.2) is 0 Å². The Morgan fingerprint density at radius 2 is 2.43 bits per heavy atom. The second-order valence-corrected chi connectivity index (χ2v) is 4.12. The van der Waals surface area contributed by atoms with Gasteiger partial charge in [-0.25, -0.2) is 4.98 Å². The fraction of sp³-hybridized carbons (Fsp3) is 0.700. The van der Waals surface area contributed by atoms with E-state index >= 15 is 0 Å². The number of rotatable bonds is 7. The maximum Gasteiger partial charge on any atom is 0.0895 e. The number of ether oxygens (including phenoxy) is 1. The number of unbranched alkanes of at least 4 members (excludes halogenated alkanes) is 1. The van der Waals surface area contributed by atoms with E-state index in [1.54, 1.807) is 18.4 Å². The summed E-state index contributed by atoms with van der Waals surface area (Å²) in [7, 11) is 1.70. The van der Waals surface area contributed by atoms with Crippen LogP contribution in [-0.2, 0) is 17.9 Å². The molecule has 0 saturated heterocycles. The standard InChI is InChI=1S/C10H18N2OS/c1-3-4-5-11-6-10-9(7-13-2)12-8-14-10/h8,11H,3-7H2,1-2H3. The van der Waals surface area contributed by atoms with Gasteiger partial charge in [0.05, 0.1) is 17.8 Å². The minimum atomic E-state index is 0.619. The SMILES string of the molecule is CCCCNCc1scnc1COC. The molecule has 0 aliphatic heterocycles. The molecule has 0 amide bonds. The van der Waals surface area contributed by atoms with Crippen molar-refractivity contribution in [1.29, 1.82) is 0 Å². The van der Waals surface area contributed by atoms with Gasteiger partial charge in [0, 0.05) is 18.5 Å². The van der Waals surface area contributed by atoms with Crippen molar-refractivity contribution >= 4 is 11.3 Å². The van der Waals surface area contributed by atoms with Crippen LogP contribution in [0.4, 0.5) is 0 Å². The fourth-order valence-electron chi connectivity index (χ4n) is 1.20. The maximum absolute atomic E-state index is 5.07. The van der Waals surface area contributed by atoms with Crippen molar-refractivity contribution < 1.29 is 4.74 Å². The first kappa shape index (κ1) is 11.6. The summed E-state index contributed by atoms with van der Waals surface area (Å²) >= 11 is 1.69. The molecule has 0 spiro atoms. The van der Waals surface area contributed by atoms with Crippen LogP contribution in [0.3, 0.4) is 0 Å². The van der Waals surface area contributed by atoms with Gasteiger partial charge in [-0.2, -0.15) is 0 Å². The molecule has 0 fully saturated rings. The Morgan fingerprint density at radius 1 is 1.57 bits per heavy atom. The smallest absolute Gasteiger partial charge is 0.0895 e. The number of thiazole rings is 1. The van der Waals surface area contributed by atoms with E-state index in [0.29, 0.717) is 6.61 Å². The summed E-state index contributed by atoms with van der Waals surface area (Å²) in [6, 6.07) is 0. The van der Waals surface area contributed by atoms with E-state index in [2.05, 4.69) is 17.2 Å². The van der Waals surface area contributed by atoms with Gasteiger partial charge < -0.3 is 10.1 Å². The molecule has 0 aromatic carbocycles. The number of nitrogens with one attached hydrogen (secondary N) is 1. The summed E-state index contributed by atoms with van der Waals surface area (Å²) in [6.07, 6.45) is 2.47. The Kier molecular flexibility index (Phi) is 5.75. The highest BCUT2D eigenvalue weighted by Gasteiger charge is 2.04. The molecule has 0 aliphatic carbocycles. The van der Waals surface area contributed by atoms with E-state index in [0.717, 1.165) is 18.8 Å². The maximum atomic E-state index is 5.07. The highest BCUT2D eigenvalue weighted by Crippen LogP contribution is 2.13. The summed E-state index contributed by atoms with van der Waals surface area (Å²) in [5.74, 6) is 0. The predicted octanol–water partition coefficient (Wildman–Crippen LogP) is 2.18. The molecular weight excluding hydrogens is 196 g/mol. The van der Waals surface area contributed by atoms with Crippen LogP contribution >= 0.6 is 11.3 Å². The number of methoxy groups -OCH3 is 1. The van der Waals surface area contributed by atoms with Gasteiger partial charge >= 0.3 is 0 Å². The molecule has 0 radical (unpaired) electrons. The Hall–Kier alpha value is -0.450. The zero-order chi connectivity index (χ0) is 10.2. The fourth-order valence-corrected chi connectivity index (χ4v) is 1.94. The van der Waals surface area contributed by atoms with Gasteiger partial charge in [0.2, 0.25) is 0 Å². The number of hydrogen-bond acceptors (Lipinski definition) is 4. The second kappa shape index (κ2) is 6.92. The molecular formula is C10H18N2OS. The topological polar surface area (TPSA) is 34.2 Å². The summed E-state index contributed by atoms with van der Waals surface area (Å²) < 4.78 is 5.07. The lowest BCUT2D eigenvalue weighted by Gasteiger charge is -2.03. The van der Waals surface area contributed by atoms with Gasteiger partial charge in [-0.1, -0.05) is 13.3 Å². The van der Waals surface area contributed by atoms with E-state index in [1.807, 2.05) is 5.51 Å². The average molecular weight is 214 g/mol. The third kappa shape index (κ3) is 3.74. The van der Waals surface area contributed by atoms with Crippen molar-refractivity contribution in [1.82, 2.24) is 10.3 Å². The lowest BCUT2D eigenvalue weighted by molar-refractivity contribution is 0.181. The summed E-state index contributed by atoms with van der Waals surface area (Å²) in [5.41, 5.74) is 2.95. The zero-order valence-corrected chi connectivity index (χ0v) is 9.69. The van der Waals surface area contributed by atoms with Crippen molar-refractivity contribution in [3.05, 3.63) is 16.1 Å². The van der Waals surface area contributed by atoms with Crippen LogP contribution in [0, 0.1) is 0 Å². The van der Waals surface area contributed by atoms with E-state index in [4.69, 9.17) is 4.74 Å². The van der Waals surface area contributed by atoms with Crippen LogP contribution in [0.25, 0.3) is 0 Å². The minimum Gasteiger partial charge on any atom is -0.378 e. The monoisotopic (exact) mass is 214 g/mol. The van der Waals surface area contributed by atoms with Crippen LogP contribution in [0.2, 0.25) is 0 Å². The Balaban J connectivity index is 2.30. The van der Waals surface area contributed by atoms with Crippen molar-refractivity contribution in [2.75, 3.05) is 13.7 Å². The first-order valence-corrected chi connectivity index (χ1v) is 5.87. The Labute approximate surface area is 89.5 Å². The molecule has 3 nitrogen and oxygen atoms in total. The molecule has 0 atom stereocenters. The Bertz CT molecular complexity index is 250. The molecule has 1 rings (SSSR count). The van der Waals surface area contributed by atoms with E-state index in [1.165, 1.54) is 17.7 Å². The third-order valence-corrected chi connectivity index (χ3v) is 2.87. The largest absolute Gasteiger partial charge is 0.378 e. The lowest BCUT2D eigenvalue weighted by atomic mass is 10.3. The van der Waals surface area contributed by atoms with Gasteiger partial charge in [0.25, 0.3) is 0 Å². The minimum absolute atomic E-state index is 0.619. The molecule has 1 aromatic heterocycles. The van der Waals surface area contributed by atoms with Crippen LogP contribution in [-0.4, -0.2) is 18.6 Å². The van der Waals surface area contributed by atoms with Gasteiger partial charge in [-0.05, 0) is 13.0 Å². The summed E-state index contributed by atoms with van der Waals surface area (Å²) in [4.78, 5) is 5.55. The summed E-state index contributed by atoms with van der Waals surface area (Å²) in [5, 5.41) is 3.40. The van der Waals surface area contributed by atoms with Crippen LogP contribution in [0.1, 0.15) is 30.3 Å². The van der Waals surface area contributed by atoms with E-state index < -0.39 is 0 Å². The normalized spacial score (nSPS) is 10.7. The number of hydrogen-bond donors (Lipinski definition) is 1. The predicted molar refractivity (Wildman–Crippen MR) is 59.4 cm³/mol. The van der Waals surface area contributed by atoms with Crippen molar-refractivity contribution in [3.63, 3.8) is 0 Å². The van der Waals surface area contributed by atoms with Crippen LogP contribution < -0.4 is 5.32 Å². The molecule has 4 heteroatoms. The van der Waals surface area contributed by atoms with Gasteiger partial charge in [-0.3, -0.25) is 0 Å². The molecule has 0 unspecified atom stereocenters. The number of aromatic nitrogens is 1. The van der Waals surface area contributed by atoms with Gasteiger partial charge in [0.1, 0.15) is 0 Å². The molecule has 0 saturated carbocycles. The van der Waals surface area contributed by atoms with Crippen molar-refractivity contribution in [2.24, 2.45) is 0 Å². The van der Waals surface area contributed by atoms with E-state index in [9.17, 15) is 0 Å². The van der Waals surface area contributed by atoms with Gasteiger partial charge in [-0.15, -0.1) is 11.3 Å². The first-order chi connectivity index (χ1) is 6.88. The molecule has 0 aliphatic rings. The second-order valence-electron chi connectivity index (χ2n) is 3.19. The third-order valence-electron chi connectivity index (χ3n) is 2.00. The van der Waals surface area contributed by atoms with Crippen LogP contribution in [0.5, 0.6) is 0 Å². The highest BCUT2D eigenvalue weighted by molar-refractivity contribution is 7.09. The van der Waals surface area contributed by atoms with E-state index in [-0.39, 0.29) is 0 Å².